The monoisotopic (exact) mass is 314 g/mol. The molecule has 1 aromatic rings. The Labute approximate surface area is 136 Å². The molecule has 0 aliphatic carbocycles. The van der Waals surface area contributed by atoms with Crippen LogP contribution in [0.5, 0.6) is 0 Å². The number of carbonyl (C=O) groups excluding carboxylic acids is 1. The molecule has 122 valence electrons. The number of aliphatic hydroxyl groups is 1. The number of amides is 1. The zero-order valence-corrected chi connectivity index (χ0v) is 13.2. The molecule has 1 aromatic carbocycles. The van der Waals surface area contributed by atoms with Gasteiger partial charge in [0.15, 0.2) is 0 Å². The average Bonchev–Trinajstić information content (AvgIpc) is 2.97. The Balaban J connectivity index is 1.62. The van der Waals surface area contributed by atoms with E-state index in [1.165, 1.54) is 0 Å². The van der Waals surface area contributed by atoms with E-state index in [1.807, 2.05) is 17.0 Å². The Hall–Kier alpha value is -1.94. The van der Waals surface area contributed by atoms with Gasteiger partial charge < -0.3 is 10.0 Å². The Morgan fingerprint density at radius 2 is 1.83 bits per heavy atom. The topological polar surface area (TPSA) is 70.8 Å². The molecule has 0 bridgehead atoms. The molecule has 1 amide bonds. The maximum Gasteiger partial charge on any atom is 0.244 e. The molecule has 3 rings (SSSR count). The molecule has 0 radical (unpaired) electrons. The summed E-state index contributed by atoms with van der Waals surface area (Å²) in [5.41, 5.74) is 1.48. The van der Waals surface area contributed by atoms with Gasteiger partial charge in [-0.25, -0.2) is 0 Å². The minimum atomic E-state index is -0.0399. The molecule has 2 aliphatic rings. The fourth-order valence-electron chi connectivity index (χ4n) is 3.42. The summed E-state index contributed by atoms with van der Waals surface area (Å²) in [5, 5.41) is 17.9. The summed E-state index contributed by atoms with van der Waals surface area (Å²) in [6, 6.07) is 9.25. The van der Waals surface area contributed by atoms with Crippen LogP contribution in [-0.2, 0) is 4.79 Å². The highest BCUT2D eigenvalue weighted by molar-refractivity contribution is 5.99. The van der Waals surface area contributed by atoms with Gasteiger partial charge in [0.05, 0.1) is 24.3 Å². The van der Waals surface area contributed by atoms with Crippen molar-refractivity contribution in [2.24, 2.45) is 0 Å². The molecule has 1 atom stereocenters. The minimum absolute atomic E-state index is 0.0399. The fourth-order valence-corrected chi connectivity index (χ4v) is 3.42. The first-order valence-electron chi connectivity index (χ1n) is 8.12. The number of β-amino-alcohol motifs (C(OH)–C–C–N with tert-alkyl or cyclic N) is 1. The first kappa shape index (κ1) is 15.9. The summed E-state index contributed by atoms with van der Waals surface area (Å²) in [6.45, 7) is 5.18. The first-order chi connectivity index (χ1) is 11.2. The van der Waals surface area contributed by atoms with Crippen molar-refractivity contribution in [2.75, 3.05) is 50.8 Å². The van der Waals surface area contributed by atoms with Gasteiger partial charge in [0.1, 0.15) is 0 Å². The van der Waals surface area contributed by atoms with Crippen molar-refractivity contribution < 1.29 is 9.90 Å². The number of nitriles is 1. The second-order valence-electron chi connectivity index (χ2n) is 6.05. The van der Waals surface area contributed by atoms with E-state index in [4.69, 9.17) is 10.4 Å². The van der Waals surface area contributed by atoms with Gasteiger partial charge in [0, 0.05) is 45.0 Å². The largest absolute Gasteiger partial charge is 0.395 e. The van der Waals surface area contributed by atoms with Gasteiger partial charge in [0.2, 0.25) is 5.91 Å². The Morgan fingerprint density at radius 3 is 2.43 bits per heavy atom. The number of hydrogen-bond acceptors (Lipinski definition) is 5. The second kappa shape index (κ2) is 7.09. The molecule has 6 nitrogen and oxygen atoms in total. The molecule has 2 saturated heterocycles. The van der Waals surface area contributed by atoms with E-state index in [1.54, 1.807) is 12.1 Å². The van der Waals surface area contributed by atoms with Crippen LogP contribution < -0.4 is 4.90 Å². The second-order valence-corrected chi connectivity index (χ2v) is 6.05. The minimum Gasteiger partial charge on any atom is -0.395 e. The molecule has 1 N–H and O–H groups in total. The standard InChI is InChI=1S/C17H22N4O2/c18-13-14-1-3-15(4-2-14)21-6-5-16(17(21)23)20-9-7-19(8-10-20)11-12-22/h1-4,16,22H,5-12H2. The van der Waals surface area contributed by atoms with Crippen molar-refractivity contribution in [1.82, 2.24) is 9.80 Å². The van der Waals surface area contributed by atoms with E-state index in [2.05, 4.69) is 15.9 Å². The lowest BCUT2D eigenvalue weighted by molar-refractivity contribution is -0.122. The van der Waals surface area contributed by atoms with Crippen LogP contribution in [0.3, 0.4) is 0 Å². The molecular formula is C17H22N4O2. The number of piperazine rings is 1. The lowest BCUT2D eigenvalue weighted by atomic mass is 10.1. The third-order valence-corrected chi connectivity index (χ3v) is 4.75. The number of anilines is 1. The van der Waals surface area contributed by atoms with Crippen LogP contribution in [0, 0.1) is 11.3 Å². The van der Waals surface area contributed by atoms with E-state index < -0.39 is 0 Å². The van der Waals surface area contributed by atoms with Gasteiger partial charge in [0.25, 0.3) is 0 Å². The third-order valence-electron chi connectivity index (χ3n) is 4.75. The van der Waals surface area contributed by atoms with Gasteiger partial charge in [-0.3, -0.25) is 14.6 Å². The van der Waals surface area contributed by atoms with Crippen molar-refractivity contribution in [2.45, 2.75) is 12.5 Å². The molecule has 2 heterocycles. The quantitative estimate of drug-likeness (QED) is 0.864. The summed E-state index contributed by atoms with van der Waals surface area (Å²) in [4.78, 5) is 19.1. The summed E-state index contributed by atoms with van der Waals surface area (Å²) < 4.78 is 0. The fraction of sp³-hybridized carbons (Fsp3) is 0.529. The van der Waals surface area contributed by atoms with Crippen LogP contribution in [0.2, 0.25) is 0 Å². The first-order valence-corrected chi connectivity index (χ1v) is 8.12. The van der Waals surface area contributed by atoms with Crippen molar-refractivity contribution in [1.29, 1.82) is 5.26 Å². The summed E-state index contributed by atoms with van der Waals surface area (Å²) in [5.74, 6) is 0.158. The van der Waals surface area contributed by atoms with Gasteiger partial charge in [-0.1, -0.05) is 0 Å². The van der Waals surface area contributed by atoms with Crippen LogP contribution in [0.15, 0.2) is 24.3 Å². The highest BCUT2D eigenvalue weighted by Crippen LogP contribution is 2.25. The van der Waals surface area contributed by atoms with Crippen molar-refractivity contribution >= 4 is 11.6 Å². The van der Waals surface area contributed by atoms with Crippen LogP contribution in [0.25, 0.3) is 0 Å². The summed E-state index contributed by atoms with van der Waals surface area (Å²) >= 11 is 0. The summed E-state index contributed by atoms with van der Waals surface area (Å²) in [7, 11) is 0. The van der Waals surface area contributed by atoms with Gasteiger partial charge in [-0.15, -0.1) is 0 Å². The Bertz CT molecular complexity index is 588. The van der Waals surface area contributed by atoms with Crippen LogP contribution >= 0.6 is 0 Å². The number of benzene rings is 1. The Kier molecular flexibility index (Phi) is 4.91. The zero-order valence-electron chi connectivity index (χ0n) is 13.2. The molecule has 2 fully saturated rings. The van der Waals surface area contributed by atoms with E-state index in [0.29, 0.717) is 12.1 Å². The molecule has 0 spiro atoms. The lowest BCUT2D eigenvalue weighted by Crippen LogP contribution is -2.52. The zero-order chi connectivity index (χ0) is 16.2. The van der Waals surface area contributed by atoms with Crippen LogP contribution in [0.4, 0.5) is 5.69 Å². The highest BCUT2D eigenvalue weighted by Gasteiger charge is 2.37. The Morgan fingerprint density at radius 1 is 1.13 bits per heavy atom. The summed E-state index contributed by atoms with van der Waals surface area (Å²) in [6.07, 6.45) is 0.846. The normalized spacial score (nSPS) is 23.2. The van der Waals surface area contributed by atoms with Crippen LogP contribution in [-0.4, -0.2) is 72.7 Å². The predicted octanol–water partition coefficient (Wildman–Crippen LogP) is 0.273. The van der Waals surface area contributed by atoms with Crippen molar-refractivity contribution in [3.05, 3.63) is 29.8 Å². The maximum absolute atomic E-state index is 12.7. The maximum atomic E-state index is 12.7. The number of carbonyl (C=O) groups is 1. The van der Waals surface area contributed by atoms with Gasteiger partial charge >= 0.3 is 0 Å². The SMILES string of the molecule is N#Cc1ccc(N2CCC(N3CCN(CCO)CC3)C2=O)cc1. The highest BCUT2D eigenvalue weighted by atomic mass is 16.3. The van der Waals surface area contributed by atoms with Crippen molar-refractivity contribution in [3.8, 4) is 6.07 Å². The molecular weight excluding hydrogens is 292 g/mol. The van der Waals surface area contributed by atoms with Gasteiger partial charge in [-0.05, 0) is 30.7 Å². The van der Waals surface area contributed by atoms with E-state index >= 15 is 0 Å². The molecule has 0 saturated carbocycles. The van der Waals surface area contributed by atoms with Crippen molar-refractivity contribution in [3.63, 3.8) is 0 Å². The number of rotatable bonds is 4. The van der Waals surface area contributed by atoms with Gasteiger partial charge in [-0.2, -0.15) is 5.26 Å². The van der Waals surface area contributed by atoms with E-state index in [-0.39, 0.29) is 18.6 Å². The van der Waals surface area contributed by atoms with Crippen LogP contribution in [0.1, 0.15) is 12.0 Å². The number of hydrogen-bond donors (Lipinski definition) is 1. The number of nitrogens with zero attached hydrogens (tertiary/aromatic N) is 4. The van der Waals surface area contributed by atoms with E-state index in [0.717, 1.165) is 44.8 Å². The molecule has 23 heavy (non-hydrogen) atoms. The lowest BCUT2D eigenvalue weighted by Gasteiger charge is -2.37. The number of aliphatic hydroxyl groups excluding tert-OH is 1. The average molecular weight is 314 g/mol. The predicted molar refractivity (Wildman–Crippen MR) is 87.0 cm³/mol. The van der Waals surface area contributed by atoms with E-state index in [9.17, 15) is 4.79 Å². The molecule has 1 unspecified atom stereocenters. The molecule has 0 aromatic heterocycles. The smallest absolute Gasteiger partial charge is 0.244 e. The third kappa shape index (κ3) is 3.37. The molecule has 6 heteroatoms. The molecule has 2 aliphatic heterocycles.